The molecule has 39 heavy (non-hydrogen) atoms. The molecule has 0 saturated carbocycles. The fraction of sp³-hybridized carbons (Fsp3) is 0.355. The van der Waals surface area contributed by atoms with E-state index in [4.69, 9.17) is 14.2 Å². The van der Waals surface area contributed by atoms with Crippen LogP contribution in [0.25, 0.3) is 33.1 Å². The van der Waals surface area contributed by atoms with Crippen molar-refractivity contribution >= 4 is 21.9 Å². The molecule has 6 rings (SSSR count). The molecule has 0 bridgehead atoms. The van der Waals surface area contributed by atoms with E-state index in [9.17, 15) is 9.50 Å². The van der Waals surface area contributed by atoms with Crippen molar-refractivity contribution in [3.05, 3.63) is 82.9 Å². The monoisotopic (exact) mass is 531 g/mol. The van der Waals surface area contributed by atoms with Gasteiger partial charge in [-0.15, -0.1) is 0 Å². The zero-order chi connectivity index (χ0) is 27.5. The third kappa shape index (κ3) is 4.32. The number of aryl methyl sites for hydroxylation is 2. The Morgan fingerprint density at radius 1 is 1.05 bits per heavy atom. The lowest BCUT2D eigenvalue weighted by molar-refractivity contribution is 0.0551. The Morgan fingerprint density at radius 3 is 2.41 bits per heavy atom. The first kappa shape index (κ1) is 25.6. The number of aromatic nitrogens is 3. The molecule has 5 aromatic rings. The van der Waals surface area contributed by atoms with Crippen molar-refractivity contribution in [2.75, 3.05) is 13.2 Å². The molecule has 6 nitrogen and oxygen atoms in total. The highest BCUT2D eigenvalue weighted by atomic mass is 19.1. The van der Waals surface area contributed by atoms with Gasteiger partial charge in [0.25, 0.3) is 0 Å². The van der Waals surface area contributed by atoms with Gasteiger partial charge in [-0.25, -0.2) is 8.78 Å². The second-order valence-electron chi connectivity index (χ2n) is 11.0. The number of nitrogens with zero attached hydrogens (tertiary/aromatic N) is 3. The van der Waals surface area contributed by atoms with Crippen molar-refractivity contribution in [1.29, 1.82) is 0 Å². The normalized spacial score (nSPS) is 15.9. The standard InChI is InChI=1S/C31H31F2N3O3/c1-17-26(18(2)39-35-17)21-15-25-28(34-16-21)23-9-10-24(31(3,4)37)27(33)30(23)36(25)29(20-11-13-38-14-12-20)19-5-7-22(32)8-6-19/h5-10,15-16,20,29,37H,11-14H2,1-4H3/t29-/m1/s1. The van der Waals surface area contributed by atoms with Crippen LogP contribution in [0.15, 0.2) is 53.2 Å². The maximum absolute atomic E-state index is 16.6. The van der Waals surface area contributed by atoms with Crippen LogP contribution in [-0.4, -0.2) is 33.0 Å². The quantitative estimate of drug-likeness (QED) is 0.265. The predicted octanol–water partition coefficient (Wildman–Crippen LogP) is 6.98. The Bertz CT molecular complexity index is 1660. The third-order valence-electron chi connectivity index (χ3n) is 7.92. The minimum Gasteiger partial charge on any atom is -0.386 e. The number of hydrogen-bond donors (Lipinski definition) is 1. The van der Waals surface area contributed by atoms with Crippen molar-refractivity contribution in [2.24, 2.45) is 5.92 Å². The SMILES string of the molecule is Cc1noc(C)c1-c1cnc2c3ccc(C(C)(C)O)c(F)c3n([C@H](c3ccc(F)cc3)C3CCOCC3)c2c1. The maximum Gasteiger partial charge on any atom is 0.153 e. The zero-order valence-corrected chi connectivity index (χ0v) is 22.5. The van der Waals surface area contributed by atoms with Crippen molar-refractivity contribution in [3.63, 3.8) is 0 Å². The highest BCUT2D eigenvalue weighted by Gasteiger charge is 2.33. The third-order valence-corrected chi connectivity index (χ3v) is 7.92. The summed E-state index contributed by atoms with van der Waals surface area (Å²) < 4.78 is 43.7. The molecule has 0 amide bonds. The lowest BCUT2D eigenvalue weighted by Gasteiger charge is -2.33. The summed E-state index contributed by atoms with van der Waals surface area (Å²) in [7, 11) is 0. The molecule has 0 spiro atoms. The maximum atomic E-state index is 16.6. The molecule has 2 aromatic carbocycles. The van der Waals surface area contributed by atoms with Gasteiger partial charge in [-0.1, -0.05) is 29.4 Å². The Labute approximate surface area is 225 Å². The van der Waals surface area contributed by atoms with Crippen molar-refractivity contribution < 1.29 is 23.1 Å². The molecule has 1 saturated heterocycles. The summed E-state index contributed by atoms with van der Waals surface area (Å²) in [5, 5.41) is 15.6. The average Bonchev–Trinajstić information content (AvgIpc) is 3.42. The summed E-state index contributed by atoms with van der Waals surface area (Å²) in [6, 6.07) is 11.6. The molecule has 1 fully saturated rings. The molecule has 3 aromatic heterocycles. The summed E-state index contributed by atoms with van der Waals surface area (Å²) in [5.41, 5.74) is 3.86. The van der Waals surface area contributed by atoms with Gasteiger partial charge in [0.1, 0.15) is 11.6 Å². The number of halogens is 2. The predicted molar refractivity (Wildman–Crippen MR) is 145 cm³/mol. The van der Waals surface area contributed by atoms with Crippen LogP contribution in [0.3, 0.4) is 0 Å². The van der Waals surface area contributed by atoms with Gasteiger partial charge in [0.2, 0.25) is 0 Å². The Balaban J connectivity index is 1.73. The molecule has 0 aliphatic carbocycles. The van der Waals surface area contributed by atoms with E-state index >= 15 is 4.39 Å². The summed E-state index contributed by atoms with van der Waals surface area (Å²) >= 11 is 0. The highest BCUT2D eigenvalue weighted by molar-refractivity contribution is 6.07. The van der Waals surface area contributed by atoms with Crippen LogP contribution >= 0.6 is 0 Å². The molecule has 0 radical (unpaired) electrons. The lowest BCUT2D eigenvalue weighted by atomic mass is 9.86. The molecule has 1 aliphatic rings. The second-order valence-corrected chi connectivity index (χ2v) is 11.0. The van der Waals surface area contributed by atoms with Gasteiger partial charge in [-0.2, -0.15) is 0 Å². The van der Waals surface area contributed by atoms with Crippen molar-refractivity contribution in [3.8, 4) is 11.1 Å². The lowest BCUT2D eigenvalue weighted by Crippen LogP contribution is -2.27. The first-order chi connectivity index (χ1) is 18.6. The van der Waals surface area contributed by atoms with Crippen molar-refractivity contribution in [1.82, 2.24) is 14.7 Å². The van der Waals surface area contributed by atoms with Crippen LogP contribution < -0.4 is 0 Å². The van der Waals surface area contributed by atoms with Crippen LogP contribution in [0.5, 0.6) is 0 Å². The second kappa shape index (κ2) is 9.54. The van der Waals surface area contributed by atoms with E-state index < -0.39 is 11.4 Å². The summed E-state index contributed by atoms with van der Waals surface area (Å²) in [6.45, 7) is 8.08. The van der Waals surface area contributed by atoms with Crippen LogP contribution in [0.2, 0.25) is 0 Å². The van der Waals surface area contributed by atoms with E-state index in [1.165, 1.54) is 12.1 Å². The molecular formula is C31H31F2N3O3. The molecule has 8 heteroatoms. The van der Waals surface area contributed by atoms with Gasteiger partial charge in [-0.05, 0) is 70.2 Å². The van der Waals surface area contributed by atoms with E-state index in [2.05, 4.69) is 5.16 Å². The molecule has 202 valence electrons. The highest BCUT2D eigenvalue weighted by Crippen LogP contribution is 2.43. The van der Waals surface area contributed by atoms with Gasteiger partial charge in [-0.3, -0.25) is 4.98 Å². The minimum absolute atomic E-state index is 0.107. The van der Waals surface area contributed by atoms with Crippen LogP contribution in [-0.2, 0) is 10.3 Å². The van der Waals surface area contributed by atoms with Crippen LogP contribution in [0, 0.1) is 31.4 Å². The van der Waals surface area contributed by atoms with E-state index in [1.54, 1.807) is 38.2 Å². The molecule has 0 unspecified atom stereocenters. The molecule has 1 N–H and O–H groups in total. The van der Waals surface area contributed by atoms with Gasteiger partial charge in [0.15, 0.2) is 5.82 Å². The molecular weight excluding hydrogens is 500 g/mol. The van der Waals surface area contributed by atoms with Gasteiger partial charge in [0.05, 0.1) is 33.9 Å². The smallest absolute Gasteiger partial charge is 0.153 e. The Morgan fingerprint density at radius 2 is 1.77 bits per heavy atom. The van der Waals surface area contributed by atoms with E-state index in [-0.39, 0.29) is 23.3 Å². The fourth-order valence-electron chi connectivity index (χ4n) is 6.07. The topological polar surface area (TPSA) is 73.3 Å². The molecule has 4 heterocycles. The minimum atomic E-state index is -1.39. The number of pyridine rings is 1. The summed E-state index contributed by atoms with van der Waals surface area (Å²) in [6.07, 6.45) is 3.31. The molecule has 1 atom stereocenters. The Hall–Kier alpha value is -3.62. The van der Waals surface area contributed by atoms with E-state index in [0.29, 0.717) is 35.4 Å². The number of aliphatic hydroxyl groups is 1. The van der Waals surface area contributed by atoms with Gasteiger partial charge in [0, 0.05) is 41.5 Å². The number of rotatable bonds is 5. The van der Waals surface area contributed by atoms with E-state index in [1.807, 2.05) is 30.5 Å². The first-order valence-corrected chi connectivity index (χ1v) is 13.3. The summed E-state index contributed by atoms with van der Waals surface area (Å²) in [5.74, 6) is -0.0390. The van der Waals surface area contributed by atoms with Crippen molar-refractivity contribution in [2.45, 2.75) is 52.2 Å². The number of fused-ring (bicyclic) bond motifs is 3. The van der Waals surface area contributed by atoms with Crippen LogP contribution in [0.1, 0.15) is 55.3 Å². The zero-order valence-electron chi connectivity index (χ0n) is 22.5. The number of benzene rings is 2. The largest absolute Gasteiger partial charge is 0.386 e. The summed E-state index contributed by atoms with van der Waals surface area (Å²) in [4.78, 5) is 4.83. The fourth-order valence-corrected chi connectivity index (χ4v) is 6.07. The number of ether oxygens (including phenoxy) is 1. The average molecular weight is 532 g/mol. The van der Waals surface area contributed by atoms with Gasteiger partial charge < -0.3 is 18.9 Å². The van der Waals surface area contributed by atoms with Gasteiger partial charge >= 0.3 is 0 Å². The van der Waals surface area contributed by atoms with E-state index in [0.717, 1.165) is 40.7 Å². The Kier molecular flexibility index (Phi) is 6.27. The number of hydrogen-bond acceptors (Lipinski definition) is 5. The van der Waals surface area contributed by atoms with Crippen LogP contribution in [0.4, 0.5) is 8.78 Å². The molecule has 1 aliphatic heterocycles. The first-order valence-electron chi connectivity index (χ1n) is 13.3.